The molecule has 0 unspecified atom stereocenters. The summed E-state index contributed by atoms with van der Waals surface area (Å²) in [5, 5.41) is 16.6. The van der Waals surface area contributed by atoms with Crippen LogP contribution in [0, 0.1) is 6.92 Å². The van der Waals surface area contributed by atoms with Crippen LogP contribution in [0.5, 0.6) is 0 Å². The van der Waals surface area contributed by atoms with Gasteiger partial charge < -0.3 is 15.2 Å². The molecule has 0 aromatic carbocycles. The van der Waals surface area contributed by atoms with E-state index in [1.54, 1.807) is 6.20 Å². The zero-order valence-corrected chi connectivity index (χ0v) is 13.4. The summed E-state index contributed by atoms with van der Waals surface area (Å²) >= 11 is 0. The van der Waals surface area contributed by atoms with Crippen molar-refractivity contribution in [3.05, 3.63) is 17.5 Å². The third kappa shape index (κ3) is 2.97. The van der Waals surface area contributed by atoms with Crippen LogP contribution in [0.15, 0.2) is 6.20 Å². The maximum Gasteiger partial charge on any atom is 0.329 e. The number of aromatic nitrogens is 2. The van der Waals surface area contributed by atoms with Gasteiger partial charge in [-0.15, -0.1) is 0 Å². The summed E-state index contributed by atoms with van der Waals surface area (Å²) in [4.78, 5) is 24.2. The van der Waals surface area contributed by atoms with E-state index in [0.717, 1.165) is 31.4 Å². The SMILES string of the molecule is Cc1c(C(=O)NC2(C(=O)O)CCCC2)cnn1C1CCOCC1. The molecule has 1 saturated carbocycles. The third-order valence-electron chi connectivity index (χ3n) is 5.05. The summed E-state index contributed by atoms with van der Waals surface area (Å²) in [5.74, 6) is -1.29. The van der Waals surface area contributed by atoms with Gasteiger partial charge in [0.15, 0.2) is 0 Å². The number of hydrogen-bond acceptors (Lipinski definition) is 4. The van der Waals surface area contributed by atoms with Crippen LogP contribution in [-0.2, 0) is 9.53 Å². The number of amides is 1. The summed E-state index contributed by atoms with van der Waals surface area (Å²) in [6.07, 6.45) is 5.93. The minimum atomic E-state index is -1.12. The average molecular weight is 321 g/mol. The molecule has 1 aromatic heterocycles. The van der Waals surface area contributed by atoms with Crippen LogP contribution in [0.4, 0.5) is 0 Å². The fourth-order valence-electron chi connectivity index (χ4n) is 3.60. The van der Waals surface area contributed by atoms with Crippen molar-refractivity contribution in [2.75, 3.05) is 13.2 Å². The molecule has 1 saturated heterocycles. The second-order valence-electron chi connectivity index (χ2n) is 6.48. The Bertz CT molecular complexity index is 598. The van der Waals surface area contributed by atoms with Crippen molar-refractivity contribution >= 4 is 11.9 Å². The summed E-state index contributed by atoms with van der Waals surface area (Å²) in [6, 6.07) is 0.241. The molecule has 0 radical (unpaired) electrons. The Morgan fingerprint density at radius 1 is 1.35 bits per heavy atom. The van der Waals surface area contributed by atoms with Gasteiger partial charge >= 0.3 is 5.97 Å². The molecule has 0 bridgehead atoms. The van der Waals surface area contributed by atoms with E-state index in [4.69, 9.17) is 4.74 Å². The average Bonchev–Trinajstić information content (AvgIpc) is 3.16. The molecule has 3 rings (SSSR count). The molecule has 2 heterocycles. The molecule has 0 spiro atoms. The molecule has 1 amide bonds. The fourth-order valence-corrected chi connectivity index (χ4v) is 3.60. The number of nitrogens with one attached hydrogen (secondary N) is 1. The number of aliphatic carboxylic acids is 1. The Labute approximate surface area is 135 Å². The van der Waals surface area contributed by atoms with Gasteiger partial charge in [-0.2, -0.15) is 5.10 Å². The molecule has 0 atom stereocenters. The Morgan fingerprint density at radius 2 is 2.00 bits per heavy atom. The number of hydrogen-bond donors (Lipinski definition) is 2. The van der Waals surface area contributed by atoms with Crippen LogP contribution >= 0.6 is 0 Å². The van der Waals surface area contributed by atoms with Gasteiger partial charge in [-0.1, -0.05) is 12.8 Å². The number of nitrogens with zero attached hydrogens (tertiary/aromatic N) is 2. The van der Waals surface area contributed by atoms with E-state index in [1.807, 2.05) is 11.6 Å². The lowest BCUT2D eigenvalue weighted by Gasteiger charge is -2.26. The minimum Gasteiger partial charge on any atom is -0.480 e. The lowest BCUT2D eigenvalue weighted by atomic mass is 9.97. The fraction of sp³-hybridized carbons (Fsp3) is 0.688. The molecule has 7 heteroatoms. The van der Waals surface area contributed by atoms with Gasteiger partial charge in [-0.3, -0.25) is 9.48 Å². The first-order chi connectivity index (χ1) is 11.0. The first-order valence-electron chi connectivity index (χ1n) is 8.21. The third-order valence-corrected chi connectivity index (χ3v) is 5.05. The highest BCUT2D eigenvalue weighted by molar-refractivity contribution is 5.98. The van der Waals surface area contributed by atoms with Gasteiger partial charge in [0, 0.05) is 18.9 Å². The van der Waals surface area contributed by atoms with Gasteiger partial charge in [-0.25, -0.2) is 4.79 Å². The first kappa shape index (κ1) is 16.0. The summed E-state index contributed by atoms with van der Waals surface area (Å²) in [6.45, 7) is 3.26. The maximum absolute atomic E-state index is 12.6. The number of rotatable bonds is 4. The molecular formula is C16H23N3O4. The molecule has 2 N–H and O–H groups in total. The first-order valence-corrected chi connectivity index (χ1v) is 8.21. The lowest BCUT2D eigenvalue weighted by Crippen LogP contribution is -2.52. The van der Waals surface area contributed by atoms with Crippen LogP contribution in [0.25, 0.3) is 0 Å². The molecule has 23 heavy (non-hydrogen) atoms. The minimum absolute atomic E-state index is 0.241. The van der Waals surface area contributed by atoms with Crippen molar-refractivity contribution in [1.29, 1.82) is 0 Å². The summed E-state index contributed by atoms with van der Waals surface area (Å²) in [7, 11) is 0. The van der Waals surface area contributed by atoms with Gasteiger partial charge in [0.2, 0.25) is 0 Å². The van der Waals surface area contributed by atoms with Gasteiger partial charge in [0.1, 0.15) is 5.54 Å². The van der Waals surface area contributed by atoms with Crippen molar-refractivity contribution in [2.45, 2.75) is 57.0 Å². The molecule has 1 aromatic rings. The topological polar surface area (TPSA) is 93.5 Å². The molecule has 1 aliphatic carbocycles. The molecule has 126 valence electrons. The molecule has 2 aliphatic rings. The molecule has 1 aliphatic heterocycles. The Hall–Kier alpha value is -1.89. The van der Waals surface area contributed by atoms with E-state index in [9.17, 15) is 14.7 Å². The van der Waals surface area contributed by atoms with Crippen molar-refractivity contribution in [3.63, 3.8) is 0 Å². The van der Waals surface area contributed by atoms with Crippen LogP contribution in [0.1, 0.15) is 60.6 Å². The highest BCUT2D eigenvalue weighted by atomic mass is 16.5. The van der Waals surface area contributed by atoms with Gasteiger partial charge in [0.05, 0.1) is 17.8 Å². The highest BCUT2D eigenvalue weighted by Crippen LogP contribution is 2.31. The maximum atomic E-state index is 12.6. The smallest absolute Gasteiger partial charge is 0.329 e. The number of carboxylic acids is 1. The van der Waals surface area contributed by atoms with E-state index in [-0.39, 0.29) is 11.9 Å². The van der Waals surface area contributed by atoms with Gasteiger partial charge in [-0.05, 0) is 32.6 Å². The van der Waals surface area contributed by atoms with E-state index in [0.29, 0.717) is 31.6 Å². The number of carbonyl (C=O) groups excluding carboxylic acids is 1. The predicted molar refractivity (Wildman–Crippen MR) is 82.4 cm³/mol. The van der Waals surface area contributed by atoms with Gasteiger partial charge in [0.25, 0.3) is 5.91 Å². The highest BCUT2D eigenvalue weighted by Gasteiger charge is 2.43. The number of ether oxygens (including phenoxy) is 1. The lowest BCUT2D eigenvalue weighted by molar-refractivity contribution is -0.144. The van der Waals surface area contributed by atoms with Crippen molar-refractivity contribution in [3.8, 4) is 0 Å². The Morgan fingerprint density at radius 3 is 2.61 bits per heavy atom. The van der Waals surface area contributed by atoms with Crippen molar-refractivity contribution in [2.24, 2.45) is 0 Å². The molecular weight excluding hydrogens is 298 g/mol. The summed E-state index contributed by atoms with van der Waals surface area (Å²) < 4.78 is 7.23. The zero-order chi connectivity index (χ0) is 16.4. The second kappa shape index (κ2) is 6.31. The number of carbonyl (C=O) groups is 2. The zero-order valence-electron chi connectivity index (χ0n) is 13.4. The normalized spacial score (nSPS) is 21.3. The standard InChI is InChI=1S/C16H23N3O4/c1-11-13(10-17-19(11)12-4-8-23-9-5-12)14(20)18-16(15(21)22)6-2-3-7-16/h10,12H,2-9H2,1H3,(H,18,20)(H,21,22). The van der Waals surface area contributed by atoms with Crippen LogP contribution in [-0.4, -0.2) is 45.5 Å². The molecule has 2 fully saturated rings. The monoisotopic (exact) mass is 321 g/mol. The Balaban J connectivity index is 1.77. The van der Waals surface area contributed by atoms with Crippen LogP contribution in [0.2, 0.25) is 0 Å². The van der Waals surface area contributed by atoms with Crippen LogP contribution < -0.4 is 5.32 Å². The number of carboxylic acid groups (broad SMARTS) is 1. The van der Waals surface area contributed by atoms with E-state index < -0.39 is 11.5 Å². The quantitative estimate of drug-likeness (QED) is 0.880. The van der Waals surface area contributed by atoms with E-state index in [1.165, 1.54) is 0 Å². The van der Waals surface area contributed by atoms with Crippen LogP contribution in [0.3, 0.4) is 0 Å². The summed E-state index contributed by atoms with van der Waals surface area (Å²) in [5.41, 5.74) is 0.126. The largest absolute Gasteiger partial charge is 0.480 e. The Kier molecular flexibility index (Phi) is 4.39. The van der Waals surface area contributed by atoms with Crippen molar-refractivity contribution in [1.82, 2.24) is 15.1 Å². The van der Waals surface area contributed by atoms with E-state index in [2.05, 4.69) is 10.4 Å². The second-order valence-corrected chi connectivity index (χ2v) is 6.48. The molecule has 7 nitrogen and oxygen atoms in total. The predicted octanol–water partition coefficient (Wildman–Crippen LogP) is 1.67. The van der Waals surface area contributed by atoms with Crippen molar-refractivity contribution < 1.29 is 19.4 Å². The van der Waals surface area contributed by atoms with E-state index >= 15 is 0 Å².